The normalized spacial score (nSPS) is 12.9. The molecule has 0 bridgehead atoms. The molecule has 352 valence electrons. The lowest BCUT2D eigenvalue weighted by Crippen LogP contribution is -2.30. The Morgan fingerprint density at radius 1 is 0.339 bits per heavy atom. The summed E-state index contributed by atoms with van der Waals surface area (Å²) in [6.07, 6.45) is 65.5. The van der Waals surface area contributed by atoms with Crippen molar-refractivity contribution < 1.29 is 28.6 Å². The van der Waals surface area contributed by atoms with Crippen LogP contribution < -0.4 is 0 Å². The van der Waals surface area contributed by atoms with Gasteiger partial charge in [0, 0.05) is 19.3 Å². The van der Waals surface area contributed by atoms with Gasteiger partial charge in [-0.15, -0.1) is 0 Å². The van der Waals surface area contributed by atoms with E-state index in [4.69, 9.17) is 14.2 Å². The summed E-state index contributed by atoms with van der Waals surface area (Å²) in [5, 5.41) is 0. The number of hydrogen-bond donors (Lipinski definition) is 0. The number of allylic oxidation sites excluding steroid dienone is 16. The lowest BCUT2D eigenvalue weighted by molar-refractivity contribution is -0.166. The highest BCUT2D eigenvalue weighted by Gasteiger charge is 2.19. The van der Waals surface area contributed by atoms with Crippen molar-refractivity contribution in [3.63, 3.8) is 0 Å². The summed E-state index contributed by atoms with van der Waals surface area (Å²) in [4.78, 5) is 37.8. The van der Waals surface area contributed by atoms with E-state index in [9.17, 15) is 14.4 Å². The van der Waals surface area contributed by atoms with Gasteiger partial charge in [0.15, 0.2) is 6.10 Å². The van der Waals surface area contributed by atoms with E-state index in [0.29, 0.717) is 19.3 Å². The van der Waals surface area contributed by atoms with E-state index < -0.39 is 12.1 Å². The van der Waals surface area contributed by atoms with Crippen molar-refractivity contribution >= 4 is 17.9 Å². The van der Waals surface area contributed by atoms with Crippen LogP contribution in [0.2, 0.25) is 0 Å². The van der Waals surface area contributed by atoms with Crippen LogP contribution in [0.5, 0.6) is 0 Å². The molecule has 0 spiro atoms. The van der Waals surface area contributed by atoms with Gasteiger partial charge in [-0.25, -0.2) is 0 Å². The van der Waals surface area contributed by atoms with Gasteiger partial charge in [-0.05, 0) is 83.5 Å². The van der Waals surface area contributed by atoms with Crippen LogP contribution in [-0.2, 0) is 28.6 Å². The molecule has 0 aliphatic carbocycles. The van der Waals surface area contributed by atoms with E-state index in [2.05, 4.69) is 106 Å². The van der Waals surface area contributed by atoms with Gasteiger partial charge < -0.3 is 14.2 Å². The predicted octanol–water partition coefficient (Wildman–Crippen LogP) is 16.6. The average molecular weight is 861 g/mol. The number of hydrogen-bond acceptors (Lipinski definition) is 6. The number of rotatable bonds is 44. The number of carbonyl (C=O) groups is 3. The lowest BCUT2D eigenvalue weighted by Gasteiger charge is -2.18. The van der Waals surface area contributed by atoms with Crippen LogP contribution in [0, 0.1) is 0 Å². The zero-order valence-electron chi connectivity index (χ0n) is 40.1. The van der Waals surface area contributed by atoms with Gasteiger partial charge in [0.05, 0.1) is 0 Å². The summed E-state index contributed by atoms with van der Waals surface area (Å²) in [6, 6.07) is 0. The highest BCUT2D eigenvalue weighted by atomic mass is 16.6. The van der Waals surface area contributed by atoms with Crippen LogP contribution in [0.1, 0.15) is 220 Å². The summed E-state index contributed by atoms with van der Waals surface area (Å²) in [5.74, 6) is -1.10. The van der Waals surface area contributed by atoms with Gasteiger partial charge in [-0.2, -0.15) is 0 Å². The Bertz CT molecular complexity index is 1260. The Morgan fingerprint density at radius 2 is 0.677 bits per heavy atom. The van der Waals surface area contributed by atoms with Crippen LogP contribution in [-0.4, -0.2) is 37.2 Å². The quantitative estimate of drug-likeness (QED) is 0.0200. The van der Waals surface area contributed by atoms with Gasteiger partial charge in [-0.1, -0.05) is 214 Å². The first kappa shape index (κ1) is 58.3. The van der Waals surface area contributed by atoms with E-state index >= 15 is 0 Å². The van der Waals surface area contributed by atoms with Gasteiger partial charge in [-0.3, -0.25) is 14.4 Å². The van der Waals surface area contributed by atoms with Gasteiger partial charge in [0.25, 0.3) is 0 Å². The molecule has 0 aromatic carbocycles. The summed E-state index contributed by atoms with van der Waals surface area (Å²) >= 11 is 0. The zero-order valence-corrected chi connectivity index (χ0v) is 40.1. The number of carbonyl (C=O) groups excluding carboxylic acids is 3. The Morgan fingerprint density at radius 3 is 1.16 bits per heavy atom. The molecule has 1 unspecified atom stereocenters. The monoisotopic (exact) mass is 861 g/mol. The van der Waals surface area contributed by atoms with Crippen molar-refractivity contribution in [3.05, 3.63) is 97.2 Å². The van der Waals surface area contributed by atoms with Crippen molar-refractivity contribution in [2.24, 2.45) is 0 Å². The molecule has 0 heterocycles. The lowest BCUT2D eigenvalue weighted by atomic mass is 10.1. The molecule has 0 saturated heterocycles. The highest BCUT2D eigenvalue weighted by Crippen LogP contribution is 2.12. The van der Waals surface area contributed by atoms with Gasteiger partial charge >= 0.3 is 17.9 Å². The Kier molecular flexibility index (Phi) is 47.0. The number of unbranched alkanes of at least 4 members (excludes halogenated alkanes) is 20. The van der Waals surface area contributed by atoms with Crippen LogP contribution >= 0.6 is 0 Å². The van der Waals surface area contributed by atoms with Crippen molar-refractivity contribution in [3.8, 4) is 0 Å². The van der Waals surface area contributed by atoms with Crippen molar-refractivity contribution in [1.29, 1.82) is 0 Å². The summed E-state index contributed by atoms with van der Waals surface area (Å²) in [6.45, 7) is 6.44. The highest BCUT2D eigenvalue weighted by molar-refractivity contribution is 5.71. The molecule has 0 saturated carbocycles. The molecule has 0 aromatic heterocycles. The van der Waals surface area contributed by atoms with Crippen LogP contribution in [0.25, 0.3) is 0 Å². The molecule has 0 amide bonds. The third kappa shape index (κ3) is 47.4. The molecule has 0 rings (SSSR count). The zero-order chi connectivity index (χ0) is 45.1. The predicted molar refractivity (Wildman–Crippen MR) is 265 cm³/mol. The second kappa shape index (κ2) is 50.0. The standard InChI is InChI=1S/C56H92O6/c1-4-7-10-13-16-19-22-25-26-27-28-29-32-34-37-40-43-46-49-55(58)61-52-53(62-56(59)50-47-44-41-38-35-31-24-21-18-15-12-9-6-3)51-60-54(57)48-45-42-39-36-33-30-23-20-17-14-11-8-5-2/h16,19,22,25-31,33,35,39,41-42,44,53H,4-15,17-18,20-21,23-24,32,34,36-38,40,43,45-52H2,1-3H3/b19-16+,25-22+,27-26+,29-28+,33-30+,35-31+,42-39+,44-41+. The largest absolute Gasteiger partial charge is 0.462 e. The van der Waals surface area contributed by atoms with Crippen molar-refractivity contribution in [2.75, 3.05) is 13.2 Å². The van der Waals surface area contributed by atoms with Crippen molar-refractivity contribution in [2.45, 2.75) is 226 Å². The minimum Gasteiger partial charge on any atom is -0.462 e. The molecular formula is C56H92O6. The Labute approximate surface area is 381 Å². The Balaban J connectivity index is 4.56. The molecule has 0 aliphatic rings. The average Bonchev–Trinajstić information content (AvgIpc) is 3.27. The van der Waals surface area contributed by atoms with E-state index in [1.807, 2.05) is 12.2 Å². The molecule has 0 N–H and O–H groups in total. The van der Waals surface area contributed by atoms with Crippen LogP contribution in [0.4, 0.5) is 0 Å². The smallest absolute Gasteiger partial charge is 0.306 e. The van der Waals surface area contributed by atoms with E-state index in [0.717, 1.165) is 70.6 Å². The second-order valence-electron chi connectivity index (χ2n) is 16.5. The summed E-state index contributed by atoms with van der Waals surface area (Å²) in [5.41, 5.74) is 0. The number of ether oxygens (including phenoxy) is 3. The first-order valence-electron chi connectivity index (χ1n) is 25.3. The third-order valence-corrected chi connectivity index (χ3v) is 10.4. The van der Waals surface area contributed by atoms with E-state index in [-0.39, 0.29) is 38.0 Å². The van der Waals surface area contributed by atoms with Gasteiger partial charge in [0.1, 0.15) is 13.2 Å². The SMILES string of the molecule is CCCCC/C=C/C=C/C=C/C=C/CCCCCCCC(=O)OCC(COC(=O)CC/C=C/C/C=C/CCCCCCCC)OC(=O)CC/C=C/C/C=C/CCCCCCCC. The molecule has 62 heavy (non-hydrogen) atoms. The molecule has 6 heteroatoms. The first-order chi connectivity index (χ1) is 30.5. The van der Waals surface area contributed by atoms with E-state index in [1.54, 1.807) is 0 Å². The van der Waals surface area contributed by atoms with Crippen LogP contribution in [0.15, 0.2) is 97.2 Å². The van der Waals surface area contributed by atoms with Crippen LogP contribution in [0.3, 0.4) is 0 Å². The minimum atomic E-state index is -0.840. The van der Waals surface area contributed by atoms with Crippen molar-refractivity contribution in [1.82, 2.24) is 0 Å². The first-order valence-corrected chi connectivity index (χ1v) is 25.3. The van der Waals surface area contributed by atoms with Gasteiger partial charge in [0.2, 0.25) is 0 Å². The van der Waals surface area contributed by atoms with E-state index in [1.165, 1.54) is 96.3 Å². The molecule has 0 radical (unpaired) electrons. The molecular weight excluding hydrogens is 769 g/mol. The fourth-order valence-electron chi connectivity index (χ4n) is 6.56. The molecule has 1 atom stereocenters. The number of esters is 3. The fourth-order valence-corrected chi connectivity index (χ4v) is 6.56. The molecule has 6 nitrogen and oxygen atoms in total. The summed E-state index contributed by atoms with van der Waals surface area (Å²) < 4.78 is 16.6. The third-order valence-electron chi connectivity index (χ3n) is 10.4. The maximum Gasteiger partial charge on any atom is 0.306 e. The molecule has 0 aromatic rings. The summed E-state index contributed by atoms with van der Waals surface area (Å²) in [7, 11) is 0. The topological polar surface area (TPSA) is 78.9 Å². The maximum atomic E-state index is 12.7. The minimum absolute atomic E-state index is 0.131. The Hall–Kier alpha value is -3.67. The fraction of sp³-hybridized carbons (Fsp3) is 0.661. The second-order valence-corrected chi connectivity index (χ2v) is 16.5. The molecule has 0 fully saturated rings. The maximum absolute atomic E-state index is 12.7. The molecule has 0 aliphatic heterocycles.